The van der Waals surface area contributed by atoms with E-state index < -0.39 is 0 Å². The Kier molecular flexibility index (Phi) is 8.23. The molecule has 4 atom stereocenters. The van der Waals surface area contributed by atoms with Crippen molar-refractivity contribution in [2.75, 3.05) is 6.54 Å². The van der Waals surface area contributed by atoms with Gasteiger partial charge in [0.25, 0.3) is 5.91 Å². The van der Waals surface area contributed by atoms with Gasteiger partial charge in [0, 0.05) is 18.9 Å². The minimum atomic E-state index is -0.139. The molecule has 1 amide bonds. The summed E-state index contributed by atoms with van der Waals surface area (Å²) >= 11 is 0. The van der Waals surface area contributed by atoms with Crippen LogP contribution in [0.1, 0.15) is 105 Å². The molecule has 9 nitrogen and oxygen atoms in total. The molecule has 2 bridgehead atoms. The number of rotatable bonds is 12. The summed E-state index contributed by atoms with van der Waals surface area (Å²) in [4.78, 5) is 17.2. The van der Waals surface area contributed by atoms with Crippen molar-refractivity contribution in [3.05, 3.63) is 35.8 Å². The summed E-state index contributed by atoms with van der Waals surface area (Å²) < 4.78 is 12.0. The van der Waals surface area contributed by atoms with Gasteiger partial charge in [0.1, 0.15) is 6.26 Å². The number of fused-ring (bicyclic) bond motifs is 2. The largest absolute Gasteiger partial charge is 0.448 e. The lowest BCUT2D eigenvalue weighted by Crippen LogP contribution is -2.27. The van der Waals surface area contributed by atoms with E-state index in [-0.39, 0.29) is 24.0 Å². The van der Waals surface area contributed by atoms with Crippen molar-refractivity contribution in [2.45, 2.75) is 102 Å². The molecule has 1 aliphatic carbocycles. The monoisotopic (exact) mass is 482 g/mol. The number of nitrogens with one attached hydrogen (secondary N) is 2. The first-order valence-corrected chi connectivity index (χ1v) is 13.5. The maximum atomic E-state index is 12.6. The van der Waals surface area contributed by atoms with E-state index in [1.165, 1.54) is 51.2 Å². The topological polar surface area (TPSA) is 119 Å². The number of H-pyrrole nitrogens is 1. The number of unbranched alkanes of at least 4 members (excludes halogenated alkanes) is 1. The van der Waals surface area contributed by atoms with Gasteiger partial charge in [0.15, 0.2) is 11.5 Å². The highest BCUT2D eigenvalue weighted by Gasteiger charge is 2.51. The van der Waals surface area contributed by atoms with Crippen LogP contribution in [-0.4, -0.2) is 50.3 Å². The van der Waals surface area contributed by atoms with Crippen molar-refractivity contribution in [1.29, 1.82) is 0 Å². The fourth-order valence-corrected chi connectivity index (χ4v) is 6.16. The number of aromatic nitrogens is 5. The molecular formula is C26H38N6O3. The number of nitrogens with zero attached hydrogens (tertiary/aromatic N) is 4. The summed E-state index contributed by atoms with van der Waals surface area (Å²) in [6.45, 7) is 0.697. The van der Waals surface area contributed by atoms with Gasteiger partial charge >= 0.3 is 0 Å². The molecule has 1 saturated carbocycles. The number of ether oxygens (including phenoxy) is 1. The van der Waals surface area contributed by atoms with Crippen LogP contribution in [0.2, 0.25) is 0 Å². The number of carbonyl (C=O) groups is 1. The summed E-state index contributed by atoms with van der Waals surface area (Å²) in [5.41, 5.74) is 0.379. The van der Waals surface area contributed by atoms with Crippen molar-refractivity contribution in [1.82, 2.24) is 30.9 Å². The van der Waals surface area contributed by atoms with Crippen molar-refractivity contribution >= 4 is 5.91 Å². The quantitative estimate of drug-likeness (QED) is 0.337. The predicted octanol–water partition coefficient (Wildman–Crippen LogP) is 4.51. The van der Waals surface area contributed by atoms with E-state index in [1.54, 1.807) is 0 Å². The molecule has 2 aliphatic heterocycles. The fourth-order valence-electron chi connectivity index (χ4n) is 6.16. The van der Waals surface area contributed by atoms with Gasteiger partial charge in [0.05, 0.1) is 18.1 Å². The Bertz CT molecular complexity index is 952. The minimum Gasteiger partial charge on any atom is -0.448 e. The Hall–Kier alpha value is -2.55. The molecule has 190 valence electrons. The molecule has 2 aromatic rings. The van der Waals surface area contributed by atoms with Crippen LogP contribution in [0.3, 0.4) is 0 Å². The van der Waals surface area contributed by atoms with E-state index in [4.69, 9.17) is 9.15 Å². The van der Waals surface area contributed by atoms with Crippen molar-refractivity contribution in [3.63, 3.8) is 0 Å². The Balaban J connectivity index is 1.08. The maximum Gasteiger partial charge on any atom is 0.273 e. The molecule has 2 aromatic heterocycles. The maximum absolute atomic E-state index is 12.6. The summed E-state index contributed by atoms with van der Waals surface area (Å²) in [6, 6.07) is 0. The van der Waals surface area contributed by atoms with Crippen molar-refractivity contribution in [2.24, 2.45) is 11.8 Å². The van der Waals surface area contributed by atoms with E-state index >= 15 is 0 Å². The third-order valence-electron chi connectivity index (χ3n) is 8.01. The minimum absolute atomic E-state index is 0.104. The van der Waals surface area contributed by atoms with Gasteiger partial charge in [-0.05, 0) is 38.0 Å². The molecule has 0 radical (unpaired) electrons. The molecule has 0 unspecified atom stereocenters. The smallest absolute Gasteiger partial charge is 0.273 e. The lowest BCUT2D eigenvalue weighted by atomic mass is 9.77. The van der Waals surface area contributed by atoms with E-state index in [1.807, 2.05) is 0 Å². The van der Waals surface area contributed by atoms with Gasteiger partial charge in [0.2, 0.25) is 5.89 Å². The molecule has 0 spiro atoms. The normalized spacial score (nSPS) is 26.6. The lowest BCUT2D eigenvalue weighted by molar-refractivity contribution is 0.0900. The zero-order chi connectivity index (χ0) is 23.9. The standard InChI is InChI=1S/C26H38N6O3/c33-25(27-16-8-7-11-18-9-3-1-4-10-18)20-17-34-26(28-20)24-19(21-14-15-22(24)35-21)12-5-2-6-13-23-29-31-32-30-23/h2,5,17-19,21-22,24H,1,3-4,6-16H2,(H,27,33)(H,29,30,31,32)/t19-,21-,22+,24-/m0/s1. The average molecular weight is 483 g/mol. The van der Waals surface area contributed by atoms with Gasteiger partial charge in [-0.2, -0.15) is 5.21 Å². The van der Waals surface area contributed by atoms with Crippen molar-refractivity contribution < 1.29 is 13.9 Å². The summed E-state index contributed by atoms with van der Waals surface area (Å²) in [5, 5.41) is 17.1. The molecular weight excluding hydrogens is 444 g/mol. The Morgan fingerprint density at radius 2 is 2.00 bits per heavy atom. The van der Waals surface area contributed by atoms with Crippen LogP contribution >= 0.6 is 0 Å². The summed E-state index contributed by atoms with van der Waals surface area (Å²) in [7, 11) is 0. The first-order valence-electron chi connectivity index (χ1n) is 13.5. The summed E-state index contributed by atoms with van der Waals surface area (Å²) in [6.07, 6.45) is 21.4. The van der Waals surface area contributed by atoms with Gasteiger partial charge < -0.3 is 14.5 Å². The Morgan fingerprint density at radius 1 is 1.11 bits per heavy atom. The van der Waals surface area contributed by atoms with E-state index in [9.17, 15) is 4.79 Å². The molecule has 2 N–H and O–H groups in total. The van der Waals surface area contributed by atoms with Crippen LogP contribution in [0.4, 0.5) is 0 Å². The number of tetrazole rings is 1. The molecule has 0 aromatic carbocycles. The Labute approximate surface area is 206 Å². The van der Waals surface area contributed by atoms with Gasteiger partial charge in [-0.3, -0.25) is 4.79 Å². The predicted molar refractivity (Wildman–Crippen MR) is 130 cm³/mol. The zero-order valence-electron chi connectivity index (χ0n) is 20.5. The number of hydrogen-bond acceptors (Lipinski definition) is 7. The molecule has 3 aliphatic rings. The Morgan fingerprint density at radius 3 is 2.86 bits per heavy atom. The number of amides is 1. The third-order valence-corrected chi connectivity index (χ3v) is 8.01. The number of oxazole rings is 1. The molecule has 4 heterocycles. The molecule has 5 rings (SSSR count). The fraction of sp³-hybridized carbons (Fsp3) is 0.731. The van der Waals surface area contributed by atoms with Crippen LogP contribution in [0.15, 0.2) is 22.8 Å². The van der Waals surface area contributed by atoms with Crippen LogP contribution in [-0.2, 0) is 11.2 Å². The lowest BCUT2D eigenvalue weighted by Gasteiger charge is -2.24. The number of carbonyl (C=O) groups excluding carboxylic acids is 1. The van der Waals surface area contributed by atoms with Crippen LogP contribution in [0, 0.1) is 11.8 Å². The van der Waals surface area contributed by atoms with Gasteiger partial charge in [-0.25, -0.2) is 4.98 Å². The number of aromatic amines is 1. The highest BCUT2D eigenvalue weighted by molar-refractivity contribution is 5.91. The molecule has 9 heteroatoms. The van der Waals surface area contributed by atoms with E-state index in [2.05, 4.69) is 43.1 Å². The highest BCUT2D eigenvalue weighted by Crippen LogP contribution is 2.50. The number of hydrogen-bond donors (Lipinski definition) is 2. The van der Waals surface area contributed by atoms with Gasteiger partial charge in [-0.15, -0.1) is 10.2 Å². The number of aryl methyl sites for hydroxylation is 1. The van der Waals surface area contributed by atoms with E-state index in [0.29, 0.717) is 24.0 Å². The highest BCUT2D eigenvalue weighted by atomic mass is 16.5. The van der Waals surface area contributed by atoms with Crippen LogP contribution < -0.4 is 5.32 Å². The second-order valence-electron chi connectivity index (χ2n) is 10.4. The molecule has 2 saturated heterocycles. The van der Waals surface area contributed by atoms with Crippen molar-refractivity contribution in [3.8, 4) is 0 Å². The van der Waals surface area contributed by atoms with Crippen LogP contribution in [0.5, 0.6) is 0 Å². The van der Waals surface area contributed by atoms with Gasteiger partial charge in [-0.1, -0.05) is 62.3 Å². The zero-order valence-corrected chi connectivity index (χ0v) is 20.5. The summed E-state index contributed by atoms with van der Waals surface area (Å²) in [5.74, 6) is 2.56. The second kappa shape index (κ2) is 11.9. The first-order chi connectivity index (χ1) is 17.3. The number of allylic oxidation sites excluding steroid dienone is 2. The second-order valence-corrected chi connectivity index (χ2v) is 10.4. The first kappa shape index (κ1) is 24.2. The van der Waals surface area contributed by atoms with E-state index in [0.717, 1.165) is 50.3 Å². The molecule has 3 fully saturated rings. The third kappa shape index (κ3) is 6.18. The molecule has 35 heavy (non-hydrogen) atoms. The average Bonchev–Trinajstić information content (AvgIpc) is 3.69. The van der Waals surface area contributed by atoms with Crippen LogP contribution in [0.25, 0.3) is 0 Å². The SMILES string of the molecule is O=C(NCCCCC1CCCCC1)c1coc([C@H]2[C@@H](CC=CCCc3nn[nH]n3)[C@@H]3CC[C@H]2O3)n1.